The number of likely N-dealkylation sites (N-methyl/N-ethyl adjacent to an activating group) is 2. The average molecular weight is 291 g/mol. The molecule has 0 amide bonds. The van der Waals surface area contributed by atoms with E-state index < -0.39 is 0 Å². The highest BCUT2D eigenvalue weighted by Gasteiger charge is 2.22. The molecule has 1 heterocycles. The van der Waals surface area contributed by atoms with Gasteiger partial charge < -0.3 is 15.0 Å². The normalized spacial score (nSPS) is 22.8. The minimum atomic E-state index is 0.339. The summed E-state index contributed by atoms with van der Waals surface area (Å²) < 4.78 is 5.35. The van der Waals surface area contributed by atoms with Gasteiger partial charge in [-0.05, 0) is 58.2 Å². The van der Waals surface area contributed by atoms with Crippen LogP contribution in [0.15, 0.2) is 24.3 Å². The van der Waals surface area contributed by atoms with Crippen molar-refractivity contribution in [1.29, 1.82) is 0 Å². The fraction of sp³-hybridized carbons (Fsp3) is 0.647. The molecule has 0 bridgehead atoms. The van der Waals surface area contributed by atoms with Gasteiger partial charge in [0.25, 0.3) is 0 Å². The fourth-order valence-electron chi connectivity index (χ4n) is 3.15. The zero-order chi connectivity index (χ0) is 15.2. The molecule has 0 spiro atoms. The third kappa shape index (κ3) is 4.43. The van der Waals surface area contributed by atoms with E-state index in [9.17, 15) is 0 Å². The van der Waals surface area contributed by atoms with E-state index in [1.54, 1.807) is 7.11 Å². The van der Waals surface area contributed by atoms with Gasteiger partial charge in [0, 0.05) is 25.2 Å². The van der Waals surface area contributed by atoms with E-state index in [1.807, 2.05) is 13.1 Å². The molecule has 4 heteroatoms. The maximum absolute atomic E-state index is 5.35. The van der Waals surface area contributed by atoms with Crippen molar-refractivity contribution in [2.45, 2.75) is 25.4 Å². The molecule has 1 fully saturated rings. The Morgan fingerprint density at radius 2 is 2.19 bits per heavy atom. The standard InChI is InChI=1S/C17H29N3O/c1-14-12-19(3)9-6-10-20(14)13-17(18-2)15-7-5-8-16(11-15)21-4/h5,7-8,11,14,17-18H,6,9-10,12-13H2,1-4H3. The predicted octanol–water partition coefficient (Wildman–Crippen LogP) is 1.98. The Balaban J connectivity index is 2.07. The number of nitrogens with zero attached hydrogens (tertiary/aromatic N) is 2. The van der Waals surface area contributed by atoms with Crippen LogP contribution < -0.4 is 10.1 Å². The van der Waals surface area contributed by atoms with Crippen LogP contribution in [-0.2, 0) is 0 Å². The van der Waals surface area contributed by atoms with E-state index in [0.29, 0.717) is 12.1 Å². The summed E-state index contributed by atoms with van der Waals surface area (Å²) in [5.41, 5.74) is 1.29. The molecule has 1 aromatic rings. The van der Waals surface area contributed by atoms with Crippen LogP contribution in [0.2, 0.25) is 0 Å². The van der Waals surface area contributed by atoms with Crippen molar-refractivity contribution < 1.29 is 4.74 Å². The van der Waals surface area contributed by atoms with E-state index in [4.69, 9.17) is 4.74 Å². The number of benzene rings is 1. The second kappa shape index (κ2) is 7.78. The average Bonchev–Trinajstić information content (AvgIpc) is 2.65. The lowest BCUT2D eigenvalue weighted by atomic mass is 10.1. The first-order chi connectivity index (χ1) is 10.1. The van der Waals surface area contributed by atoms with Crippen molar-refractivity contribution in [1.82, 2.24) is 15.1 Å². The first-order valence-corrected chi connectivity index (χ1v) is 7.88. The first kappa shape index (κ1) is 16.3. The van der Waals surface area contributed by atoms with Crippen LogP contribution in [0.5, 0.6) is 5.75 Å². The second-order valence-electron chi connectivity index (χ2n) is 6.08. The van der Waals surface area contributed by atoms with Gasteiger partial charge in [-0.3, -0.25) is 4.90 Å². The summed E-state index contributed by atoms with van der Waals surface area (Å²) in [6.07, 6.45) is 1.25. The smallest absolute Gasteiger partial charge is 0.119 e. The summed E-state index contributed by atoms with van der Waals surface area (Å²) in [4.78, 5) is 5.04. The molecule has 0 aliphatic carbocycles. The van der Waals surface area contributed by atoms with Crippen LogP contribution in [-0.4, -0.2) is 63.2 Å². The van der Waals surface area contributed by atoms with E-state index in [1.165, 1.54) is 25.1 Å². The largest absolute Gasteiger partial charge is 0.497 e. The quantitative estimate of drug-likeness (QED) is 0.898. The summed E-state index contributed by atoms with van der Waals surface area (Å²) in [5.74, 6) is 0.927. The minimum Gasteiger partial charge on any atom is -0.497 e. The molecular formula is C17H29N3O. The van der Waals surface area contributed by atoms with Crippen molar-refractivity contribution in [3.8, 4) is 5.75 Å². The number of rotatable bonds is 5. The fourth-order valence-corrected chi connectivity index (χ4v) is 3.15. The van der Waals surface area contributed by atoms with Crippen molar-refractivity contribution >= 4 is 0 Å². The van der Waals surface area contributed by atoms with E-state index in [-0.39, 0.29) is 0 Å². The number of hydrogen-bond acceptors (Lipinski definition) is 4. The molecular weight excluding hydrogens is 262 g/mol. The van der Waals surface area contributed by atoms with Gasteiger partial charge in [-0.2, -0.15) is 0 Å². The number of nitrogens with one attached hydrogen (secondary N) is 1. The lowest BCUT2D eigenvalue weighted by Gasteiger charge is -2.31. The molecule has 21 heavy (non-hydrogen) atoms. The van der Waals surface area contributed by atoms with E-state index in [2.05, 4.69) is 47.3 Å². The lowest BCUT2D eigenvalue weighted by molar-refractivity contribution is 0.185. The summed E-state index contributed by atoms with van der Waals surface area (Å²) in [6.45, 7) is 6.89. The zero-order valence-corrected chi connectivity index (χ0v) is 13.8. The Bertz CT molecular complexity index is 438. The van der Waals surface area contributed by atoms with Crippen molar-refractivity contribution in [3.63, 3.8) is 0 Å². The maximum Gasteiger partial charge on any atom is 0.119 e. The maximum atomic E-state index is 5.35. The van der Waals surface area contributed by atoms with Crippen molar-refractivity contribution in [2.24, 2.45) is 0 Å². The Morgan fingerprint density at radius 3 is 2.90 bits per heavy atom. The minimum absolute atomic E-state index is 0.339. The first-order valence-electron chi connectivity index (χ1n) is 7.88. The van der Waals surface area contributed by atoms with Crippen LogP contribution in [0, 0.1) is 0 Å². The third-order valence-corrected chi connectivity index (χ3v) is 4.45. The molecule has 1 aromatic carbocycles. The molecule has 1 saturated heterocycles. The Kier molecular flexibility index (Phi) is 6.03. The predicted molar refractivity (Wildman–Crippen MR) is 87.9 cm³/mol. The number of ether oxygens (including phenoxy) is 1. The number of methoxy groups -OCH3 is 1. The highest BCUT2D eigenvalue weighted by atomic mass is 16.5. The third-order valence-electron chi connectivity index (χ3n) is 4.45. The Labute approximate surface area is 129 Å². The van der Waals surface area contributed by atoms with Crippen LogP contribution in [0.1, 0.15) is 24.9 Å². The number of hydrogen-bond donors (Lipinski definition) is 1. The van der Waals surface area contributed by atoms with Gasteiger partial charge in [0.1, 0.15) is 5.75 Å². The molecule has 1 aliphatic heterocycles. The van der Waals surface area contributed by atoms with Gasteiger partial charge in [0.15, 0.2) is 0 Å². The van der Waals surface area contributed by atoms with E-state index in [0.717, 1.165) is 18.8 Å². The Morgan fingerprint density at radius 1 is 1.38 bits per heavy atom. The monoisotopic (exact) mass is 291 g/mol. The highest BCUT2D eigenvalue weighted by Crippen LogP contribution is 2.21. The van der Waals surface area contributed by atoms with Gasteiger partial charge in [-0.15, -0.1) is 0 Å². The van der Waals surface area contributed by atoms with Crippen LogP contribution in [0.25, 0.3) is 0 Å². The van der Waals surface area contributed by atoms with E-state index >= 15 is 0 Å². The molecule has 0 radical (unpaired) electrons. The van der Waals surface area contributed by atoms with Crippen molar-refractivity contribution in [3.05, 3.63) is 29.8 Å². The molecule has 4 nitrogen and oxygen atoms in total. The van der Waals surface area contributed by atoms with Gasteiger partial charge in [-0.25, -0.2) is 0 Å². The van der Waals surface area contributed by atoms with Crippen molar-refractivity contribution in [2.75, 3.05) is 47.4 Å². The molecule has 0 saturated carbocycles. The molecule has 0 aromatic heterocycles. The van der Waals surface area contributed by atoms with Gasteiger partial charge in [0.05, 0.1) is 7.11 Å². The van der Waals surface area contributed by atoms with Crippen LogP contribution in [0.3, 0.4) is 0 Å². The molecule has 1 N–H and O–H groups in total. The second-order valence-corrected chi connectivity index (χ2v) is 6.08. The summed E-state index contributed by atoms with van der Waals surface area (Å²) >= 11 is 0. The zero-order valence-electron chi connectivity index (χ0n) is 13.8. The lowest BCUT2D eigenvalue weighted by Crippen LogP contribution is -2.42. The van der Waals surface area contributed by atoms with Crippen LogP contribution in [0.4, 0.5) is 0 Å². The van der Waals surface area contributed by atoms with Gasteiger partial charge in [-0.1, -0.05) is 12.1 Å². The molecule has 1 aliphatic rings. The van der Waals surface area contributed by atoms with Crippen LogP contribution >= 0.6 is 0 Å². The highest BCUT2D eigenvalue weighted by molar-refractivity contribution is 5.30. The molecule has 2 unspecified atom stereocenters. The Hall–Kier alpha value is -1.10. The summed E-state index contributed by atoms with van der Waals surface area (Å²) in [5, 5.41) is 3.46. The summed E-state index contributed by atoms with van der Waals surface area (Å²) in [6, 6.07) is 9.32. The van der Waals surface area contributed by atoms with Gasteiger partial charge in [0.2, 0.25) is 0 Å². The molecule has 118 valence electrons. The summed E-state index contributed by atoms with van der Waals surface area (Å²) in [7, 11) is 5.98. The van der Waals surface area contributed by atoms with Gasteiger partial charge >= 0.3 is 0 Å². The molecule has 2 rings (SSSR count). The SMILES string of the molecule is CNC(CN1CCCN(C)CC1C)c1cccc(OC)c1. The molecule has 2 atom stereocenters. The topological polar surface area (TPSA) is 27.7 Å².